The zero-order valence-electron chi connectivity index (χ0n) is 14.6. The van der Waals surface area contributed by atoms with Crippen molar-refractivity contribution in [2.24, 2.45) is 11.7 Å². The Morgan fingerprint density at radius 1 is 1.10 bits per heavy atom. The third-order valence-corrected chi connectivity index (χ3v) is 6.28. The maximum Gasteiger partial charge on any atom is 0.0332 e. The fourth-order valence-electron chi connectivity index (χ4n) is 4.77. The Labute approximate surface area is 132 Å². The van der Waals surface area contributed by atoms with Crippen LogP contribution < -0.4 is 5.73 Å². The summed E-state index contributed by atoms with van der Waals surface area (Å²) in [6.07, 6.45) is 9.56. The van der Waals surface area contributed by atoms with Crippen molar-refractivity contribution < 1.29 is 0 Å². The number of likely N-dealkylation sites (N-methyl/N-ethyl adjacent to an activating group) is 1. The van der Waals surface area contributed by atoms with Crippen LogP contribution in [0.4, 0.5) is 0 Å². The van der Waals surface area contributed by atoms with Gasteiger partial charge in [0.25, 0.3) is 0 Å². The number of nitrogens with zero attached hydrogens (tertiary/aromatic N) is 2. The lowest BCUT2D eigenvalue weighted by Crippen LogP contribution is -2.55. The van der Waals surface area contributed by atoms with Crippen LogP contribution in [-0.2, 0) is 0 Å². The number of nitrogens with two attached hydrogens (primary N) is 1. The van der Waals surface area contributed by atoms with Gasteiger partial charge >= 0.3 is 0 Å². The summed E-state index contributed by atoms with van der Waals surface area (Å²) in [5, 5.41) is 0. The van der Waals surface area contributed by atoms with Crippen LogP contribution in [0, 0.1) is 5.92 Å². The summed E-state index contributed by atoms with van der Waals surface area (Å²) < 4.78 is 0. The van der Waals surface area contributed by atoms with E-state index in [9.17, 15) is 0 Å². The molecule has 0 aromatic heterocycles. The Morgan fingerprint density at radius 2 is 1.76 bits per heavy atom. The van der Waals surface area contributed by atoms with Crippen molar-refractivity contribution in [1.29, 1.82) is 0 Å². The standard InChI is InChI=1S/C18H37N3/c1-4-7-16-8-11-18(15-19,12-9-16)21-13-10-17(14-21)20(5-2)6-3/h16-17H,4-15,19H2,1-3H3. The molecule has 1 saturated heterocycles. The Hall–Kier alpha value is -0.120. The largest absolute Gasteiger partial charge is 0.329 e. The van der Waals surface area contributed by atoms with Gasteiger partial charge in [-0.3, -0.25) is 9.80 Å². The summed E-state index contributed by atoms with van der Waals surface area (Å²) >= 11 is 0. The van der Waals surface area contributed by atoms with Gasteiger partial charge < -0.3 is 5.73 Å². The van der Waals surface area contributed by atoms with Gasteiger partial charge in [0, 0.05) is 31.2 Å². The van der Waals surface area contributed by atoms with Gasteiger partial charge in [-0.25, -0.2) is 0 Å². The van der Waals surface area contributed by atoms with Crippen LogP contribution in [0.1, 0.15) is 65.7 Å². The molecule has 1 atom stereocenters. The zero-order chi connectivity index (χ0) is 15.3. The van der Waals surface area contributed by atoms with E-state index in [2.05, 4.69) is 30.6 Å². The molecule has 0 spiro atoms. The lowest BCUT2D eigenvalue weighted by atomic mass is 9.74. The van der Waals surface area contributed by atoms with Gasteiger partial charge in [0.1, 0.15) is 0 Å². The van der Waals surface area contributed by atoms with Crippen molar-refractivity contribution in [3.63, 3.8) is 0 Å². The zero-order valence-corrected chi connectivity index (χ0v) is 14.6. The van der Waals surface area contributed by atoms with Crippen LogP contribution in [0.25, 0.3) is 0 Å². The molecule has 2 rings (SSSR count). The molecule has 0 amide bonds. The van der Waals surface area contributed by atoms with Gasteiger partial charge in [-0.15, -0.1) is 0 Å². The van der Waals surface area contributed by atoms with Crippen LogP contribution in [0.15, 0.2) is 0 Å². The van der Waals surface area contributed by atoms with E-state index in [0.717, 1.165) is 18.5 Å². The first-order valence-corrected chi connectivity index (χ1v) is 9.38. The molecule has 21 heavy (non-hydrogen) atoms. The summed E-state index contributed by atoms with van der Waals surface area (Å²) in [5.41, 5.74) is 6.59. The van der Waals surface area contributed by atoms with E-state index in [4.69, 9.17) is 5.73 Å². The molecule has 1 saturated carbocycles. The average molecular weight is 296 g/mol. The van der Waals surface area contributed by atoms with Crippen molar-refractivity contribution in [3.05, 3.63) is 0 Å². The highest BCUT2D eigenvalue weighted by atomic mass is 15.3. The molecule has 3 nitrogen and oxygen atoms in total. The minimum absolute atomic E-state index is 0.326. The third kappa shape index (κ3) is 3.80. The van der Waals surface area contributed by atoms with Crippen LogP contribution in [0.3, 0.4) is 0 Å². The molecule has 3 heteroatoms. The summed E-state index contributed by atoms with van der Waals surface area (Å²) in [6.45, 7) is 12.6. The van der Waals surface area contributed by atoms with Gasteiger partial charge in [-0.05, 0) is 51.1 Å². The van der Waals surface area contributed by atoms with Crippen LogP contribution in [0.5, 0.6) is 0 Å². The molecule has 1 aliphatic heterocycles. The molecule has 1 aliphatic carbocycles. The molecular weight excluding hydrogens is 258 g/mol. The molecule has 0 aromatic rings. The predicted molar refractivity (Wildman–Crippen MR) is 91.6 cm³/mol. The van der Waals surface area contributed by atoms with Gasteiger partial charge in [0.15, 0.2) is 0 Å². The molecule has 0 radical (unpaired) electrons. The highest BCUT2D eigenvalue weighted by molar-refractivity contribution is 5.00. The van der Waals surface area contributed by atoms with E-state index in [0.29, 0.717) is 5.54 Å². The van der Waals surface area contributed by atoms with E-state index >= 15 is 0 Å². The van der Waals surface area contributed by atoms with Gasteiger partial charge in [0.2, 0.25) is 0 Å². The average Bonchev–Trinajstić information content (AvgIpc) is 3.00. The maximum absolute atomic E-state index is 6.27. The molecule has 1 heterocycles. The molecule has 124 valence electrons. The fraction of sp³-hybridized carbons (Fsp3) is 1.00. The first-order chi connectivity index (χ1) is 10.2. The lowest BCUT2D eigenvalue weighted by molar-refractivity contribution is 0.0537. The van der Waals surface area contributed by atoms with Gasteiger partial charge in [-0.2, -0.15) is 0 Å². The second kappa shape index (κ2) is 7.94. The van der Waals surface area contributed by atoms with E-state index < -0.39 is 0 Å². The first-order valence-electron chi connectivity index (χ1n) is 9.38. The Balaban J connectivity index is 1.93. The lowest BCUT2D eigenvalue weighted by Gasteiger charge is -2.46. The van der Waals surface area contributed by atoms with E-state index in [1.807, 2.05) is 0 Å². The first kappa shape index (κ1) is 17.2. The van der Waals surface area contributed by atoms with Crippen molar-refractivity contribution in [2.75, 3.05) is 32.7 Å². The smallest absolute Gasteiger partial charge is 0.0332 e. The van der Waals surface area contributed by atoms with Crippen molar-refractivity contribution in [2.45, 2.75) is 77.3 Å². The van der Waals surface area contributed by atoms with E-state index in [1.54, 1.807) is 0 Å². The maximum atomic E-state index is 6.27. The molecule has 0 bridgehead atoms. The monoisotopic (exact) mass is 295 g/mol. The molecule has 2 N–H and O–H groups in total. The highest BCUT2D eigenvalue weighted by Crippen LogP contribution is 2.39. The van der Waals surface area contributed by atoms with Crippen molar-refractivity contribution in [1.82, 2.24) is 9.80 Å². The van der Waals surface area contributed by atoms with Gasteiger partial charge in [0.05, 0.1) is 0 Å². The number of hydrogen-bond acceptors (Lipinski definition) is 3. The van der Waals surface area contributed by atoms with Crippen LogP contribution in [-0.4, -0.2) is 54.1 Å². The summed E-state index contributed by atoms with van der Waals surface area (Å²) in [6, 6.07) is 0.761. The topological polar surface area (TPSA) is 32.5 Å². The van der Waals surface area contributed by atoms with E-state index in [1.165, 1.54) is 71.1 Å². The van der Waals surface area contributed by atoms with Crippen LogP contribution >= 0.6 is 0 Å². The van der Waals surface area contributed by atoms with Crippen molar-refractivity contribution >= 4 is 0 Å². The summed E-state index contributed by atoms with van der Waals surface area (Å²) in [5.74, 6) is 0.968. The number of likely N-dealkylation sites (tertiary alicyclic amines) is 1. The Kier molecular flexibility index (Phi) is 6.51. The number of rotatable bonds is 7. The predicted octanol–water partition coefficient (Wildman–Crippen LogP) is 3.09. The molecule has 2 fully saturated rings. The van der Waals surface area contributed by atoms with Crippen LogP contribution in [0.2, 0.25) is 0 Å². The van der Waals surface area contributed by atoms with Gasteiger partial charge in [-0.1, -0.05) is 33.6 Å². The number of hydrogen-bond donors (Lipinski definition) is 1. The normalized spacial score (nSPS) is 34.7. The molecular formula is C18H37N3. The Morgan fingerprint density at radius 3 is 2.29 bits per heavy atom. The summed E-state index contributed by atoms with van der Waals surface area (Å²) in [7, 11) is 0. The van der Waals surface area contributed by atoms with Crippen molar-refractivity contribution in [3.8, 4) is 0 Å². The summed E-state index contributed by atoms with van der Waals surface area (Å²) in [4.78, 5) is 5.39. The second-order valence-corrected chi connectivity index (χ2v) is 7.27. The third-order valence-electron chi connectivity index (χ3n) is 6.28. The quantitative estimate of drug-likeness (QED) is 0.783. The fourth-order valence-corrected chi connectivity index (χ4v) is 4.77. The molecule has 1 unspecified atom stereocenters. The van der Waals surface area contributed by atoms with E-state index in [-0.39, 0.29) is 0 Å². The minimum Gasteiger partial charge on any atom is -0.329 e. The molecule has 2 aliphatic rings. The Bertz CT molecular complexity index is 293. The molecule has 0 aromatic carbocycles. The second-order valence-electron chi connectivity index (χ2n) is 7.27. The minimum atomic E-state index is 0.326. The SMILES string of the molecule is CCCC1CCC(CN)(N2CCC(N(CC)CC)C2)CC1. The highest BCUT2D eigenvalue weighted by Gasteiger charge is 2.42.